The molecule has 5 nitrogen and oxygen atoms in total. The highest BCUT2D eigenvalue weighted by Crippen LogP contribution is 2.35. The molecule has 1 aliphatic rings. The first-order valence-electron chi connectivity index (χ1n) is 9.24. The first-order valence-corrected chi connectivity index (χ1v) is 10.6. The topological polar surface area (TPSA) is 61.8 Å². The van der Waals surface area contributed by atoms with E-state index in [0.29, 0.717) is 0 Å². The van der Waals surface area contributed by atoms with Crippen LogP contribution in [-0.4, -0.2) is 26.6 Å². The van der Waals surface area contributed by atoms with Crippen molar-refractivity contribution in [3.63, 3.8) is 0 Å². The third-order valence-corrected chi connectivity index (χ3v) is 5.55. The average molecular weight is 442 g/mol. The van der Waals surface area contributed by atoms with E-state index in [-0.39, 0.29) is 32.0 Å². The van der Waals surface area contributed by atoms with Gasteiger partial charge in [0.1, 0.15) is 5.76 Å². The lowest BCUT2D eigenvalue weighted by atomic mass is 10.1. The van der Waals surface area contributed by atoms with Crippen LogP contribution in [0.25, 0.3) is 0 Å². The van der Waals surface area contributed by atoms with Gasteiger partial charge in [-0.1, -0.05) is 60.7 Å². The molecule has 2 aromatic carbocycles. The molecule has 0 spiro atoms. The molecule has 0 aliphatic heterocycles. The van der Waals surface area contributed by atoms with E-state index in [2.05, 4.69) is 4.18 Å². The van der Waals surface area contributed by atoms with Gasteiger partial charge >= 0.3 is 15.6 Å². The van der Waals surface area contributed by atoms with Crippen LogP contribution in [0.3, 0.4) is 0 Å². The molecule has 2 atom stereocenters. The van der Waals surface area contributed by atoms with Crippen molar-refractivity contribution in [2.75, 3.05) is 6.61 Å². The maximum Gasteiger partial charge on any atom is 0.534 e. The smallest absolute Gasteiger partial charge is 0.380 e. The SMILES string of the molecule is O=S(=O)(OC1=CCC(OCc2ccccc2)C1COCc1ccccc1)C(F)(F)F. The van der Waals surface area contributed by atoms with Gasteiger partial charge in [-0.2, -0.15) is 21.6 Å². The Labute approximate surface area is 173 Å². The van der Waals surface area contributed by atoms with E-state index < -0.39 is 27.6 Å². The molecule has 0 heterocycles. The average Bonchev–Trinajstić information content (AvgIpc) is 3.08. The van der Waals surface area contributed by atoms with E-state index in [4.69, 9.17) is 9.47 Å². The summed E-state index contributed by atoms with van der Waals surface area (Å²) in [5, 5.41) is 0. The van der Waals surface area contributed by atoms with Crippen molar-refractivity contribution in [3.05, 3.63) is 83.6 Å². The second kappa shape index (κ2) is 9.63. The lowest BCUT2D eigenvalue weighted by Crippen LogP contribution is -2.30. The zero-order valence-corrected chi connectivity index (χ0v) is 16.7. The van der Waals surface area contributed by atoms with Crippen molar-refractivity contribution in [1.82, 2.24) is 0 Å². The fraction of sp³-hybridized carbons (Fsp3) is 0.333. The summed E-state index contributed by atoms with van der Waals surface area (Å²) in [5.74, 6) is -1.09. The number of ether oxygens (including phenoxy) is 2. The molecule has 1 aliphatic carbocycles. The van der Waals surface area contributed by atoms with Crippen molar-refractivity contribution in [2.45, 2.75) is 31.2 Å². The lowest BCUT2D eigenvalue weighted by molar-refractivity contribution is -0.0554. The lowest BCUT2D eigenvalue weighted by Gasteiger charge is -2.23. The van der Waals surface area contributed by atoms with Crippen LogP contribution in [0.2, 0.25) is 0 Å². The molecular formula is C21H21F3O5S. The maximum atomic E-state index is 12.8. The number of halogens is 3. The van der Waals surface area contributed by atoms with E-state index in [1.807, 2.05) is 60.7 Å². The Morgan fingerprint density at radius 1 is 0.900 bits per heavy atom. The molecular weight excluding hydrogens is 421 g/mol. The maximum absolute atomic E-state index is 12.8. The predicted molar refractivity (Wildman–Crippen MR) is 103 cm³/mol. The minimum atomic E-state index is -5.76. The molecule has 0 aromatic heterocycles. The first kappa shape index (κ1) is 22.3. The van der Waals surface area contributed by atoms with Crippen molar-refractivity contribution in [1.29, 1.82) is 0 Å². The van der Waals surface area contributed by atoms with Crippen molar-refractivity contribution < 1.29 is 35.2 Å². The van der Waals surface area contributed by atoms with E-state index in [0.717, 1.165) is 11.1 Å². The molecule has 0 radical (unpaired) electrons. The molecule has 30 heavy (non-hydrogen) atoms. The van der Waals surface area contributed by atoms with Gasteiger partial charge in [0.2, 0.25) is 0 Å². The minimum absolute atomic E-state index is 0.0481. The molecule has 0 saturated heterocycles. The van der Waals surface area contributed by atoms with Crippen LogP contribution in [-0.2, 0) is 37.0 Å². The fourth-order valence-electron chi connectivity index (χ4n) is 3.03. The highest BCUT2D eigenvalue weighted by atomic mass is 32.2. The number of hydrogen-bond acceptors (Lipinski definition) is 5. The Balaban J connectivity index is 1.67. The fourth-order valence-corrected chi connectivity index (χ4v) is 3.57. The third-order valence-electron chi connectivity index (χ3n) is 4.57. The second-order valence-corrected chi connectivity index (χ2v) is 8.31. The van der Waals surface area contributed by atoms with Gasteiger partial charge in [-0.15, -0.1) is 0 Å². The summed E-state index contributed by atoms with van der Waals surface area (Å²) in [6.45, 7) is 0.406. The van der Waals surface area contributed by atoms with Gasteiger partial charge in [-0.25, -0.2) is 0 Å². The third kappa shape index (κ3) is 5.84. The summed E-state index contributed by atoms with van der Waals surface area (Å²) in [6.07, 6.45) is 0.962. The van der Waals surface area contributed by atoms with Crippen LogP contribution in [0.1, 0.15) is 17.5 Å². The van der Waals surface area contributed by atoms with Crippen LogP contribution in [0.4, 0.5) is 13.2 Å². The minimum Gasteiger partial charge on any atom is -0.380 e. The second-order valence-electron chi connectivity index (χ2n) is 6.77. The molecule has 0 fully saturated rings. The summed E-state index contributed by atoms with van der Waals surface area (Å²) in [4.78, 5) is 0. The summed E-state index contributed by atoms with van der Waals surface area (Å²) in [6, 6.07) is 18.5. The number of alkyl halides is 3. The first-order chi connectivity index (χ1) is 14.3. The van der Waals surface area contributed by atoms with Gasteiger partial charge in [-0.05, 0) is 23.6 Å². The van der Waals surface area contributed by atoms with E-state index in [1.54, 1.807) is 0 Å². The number of benzene rings is 2. The highest BCUT2D eigenvalue weighted by Gasteiger charge is 2.50. The Bertz CT molecular complexity index is 944. The molecule has 2 unspecified atom stereocenters. The van der Waals surface area contributed by atoms with Crippen LogP contribution < -0.4 is 0 Å². The summed E-state index contributed by atoms with van der Waals surface area (Å²) in [7, 11) is -5.76. The van der Waals surface area contributed by atoms with Crippen LogP contribution in [0, 0.1) is 5.92 Å². The van der Waals surface area contributed by atoms with Gasteiger partial charge in [0.25, 0.3) is 0 Å². The molecule has 0 N–H and O–H groups in total. The van der Waals surface area contributed by atoms with Crippen LogP contribution >= 0.6 is 0 Å². The highest BCUT2D eigenvalue weighted by molar-refractivity contribution is 7.87. The summed E-state index contributed by atoms with van der Waals surface area (Å²) in [5.41, 5.74) is -3.74. The summed E-state index contributed by atoms with van der Waals surface area (Å²) >= 11 is 0. The van der Waals surface area contributed by atoms with Crippen molar-refractivity contribution in [3.8, 4) is 0 Å². The van der Waals surface area contributed by atoms with E-state index in [1.165, 1.54) is 6.08 Å². The van der Waals surface area contributed by atoms with Gasteiger partial charge in [0.15, 0.2) is 0 Å². The largest absolute Gasteiger partial charge is 0.534 e. The van der Waals surface area contributed by atoms with Gasteiger partial charge in [0, 0.05) is 0 Å². The van der Waals surface area contributed by atoms with E-state index >= 15 is 0 Å². The Kier molecular flexibility index (Phi) is 7.17. The van der Waals surface area contributed by atoms with Crippen LogP contribution in [0.5, 0.6) is 0 Å². The standard InChI is InChI=1S/C21H21F3O5S/c22-21(23,24)30(25,26)29-20-12-11-19(28-14-17-9-5-2-6-10-17)18(20)15-27-13-16-7-3-1-4-8-16/h1-10,12,18-19H,11,13-15H2. The molecule has 9 heteroatoms. The normalized spacial score (nSPS) is 19.5. The van der Waals surface area contributed by atoms with Gasteiger partial charge in [0.05, 0.1) is 31.8 Å². The molecule has 0 amide bonds. The van der Waals surface area contributed by atoms with Gasteiger partial charge in [-0.3, -0.25) is 0 Å². The molecule has 0 bridgehead atoms. The van der Waals surface area contributed by atoms with Crippen molar-refractivity contribution >= 4 is 10.1 Å². The van der Waals surface area contributed by atoms with Crippen LogP contribution in [0.15, 0.2) is 72.5 Å². The zero-order chi connectivity index (χ0) is 21.6. The van der Waals surface area contributed by atoms with Gasteiger partial charge < -0.3 is 13.7 Å². The number of rotatable bonds is 9. The Morgan fingerprint density at radius 2 is 1.47 bits per heavy atom. The Morgan fingerprint density at radius 3 is 2.03 bits per heavy atom. The predicted octanol–water partition coefficient (Wildman–Crippen LogP) is 4.56. The molecule has 0 saturated carbocycles. The number of hydrogen-bond donors (Lipinski definition) is 0. The van der Waals surface area contributed by atoms with Crippen molar-refractivity contribution in [2.24, 2.45) is 5.92 Å². The molecule has 3 rings (SSSR count). The summed E-state index contributed by atoms with van der Waals surface area (Å²) < 4.78 is 77.1. The van der Waals surface area contributed by atoms with E-state index in [9.17, 15) is 21.6 Å². The Hall–Kier alpha value is -2.36. The molecule has 162 valence electrons. The quantitative estimate of drug-likeness (QED) is 0.421. The zero-order valence-electron chi connectivity index (χ0n) is 15.9. The molecule has 2 aromatic rings. The monoisotopic (exact) mass is 442 g/mol.